The second-order valence-electron chi connectivity index (χ2n) is 3.83. The van der Waals surface area contributed by atoms with Crippen LogP contribution in [0.1, 0.15) is 29.9 Å². The summed E-state index contributed by atoms with van der Waals surface area (Å²) in [5.41, 5.74) is 2.50. The highest BCUT2D eigenvalue weighted by Crippen LogP contribution is 2.22. The lowest BCUT2D eigenvalue weighted by atomic mass is 10.1. The van der Waals surface area contributed by atoms with E-state index >= 15 is 0 Å². The second kappa shape index (κ2) is 5.17. The van der Waals surface area contributed by atoms with Gasteiger partial charge in [0.2, 0.25) is 0 Å². The van der Waals surface area contributed by atoms with Crippen molar-refractivity contribution >= 4 is 27.3 Å². The first kappa shape index (κ1) is 11.9. The third-order valence-corrected chi connectivity index (χ3v) is 4.08. The third-order valence-electron chi connectivity index (χ3n) is 2.53. The lowest BCUT2D eigenvalue weighted by Gasteiger charge is -2.11. The molecule has 2 heterocycles. The summed E-state index contributed by atoms with van der Waals surface area (Å²) in [4.78, 5) is 0. The van der Waals surface area contributed by atoms with Crippen molar-refractivity contribution in [1.29, 1.82) is 0 Å². The summed E-state index contributed by atoms with van der Waals surface area (Å²) in [6.45, 7) is 5.05. The van der Waals surface area contributed by atoms with Crippen molar-refractivity contribution in [2.45, 2.75) is 26.4 Å². The van der Waals surface area contributed by atoms with Gasteiger partial charge in [0.25, 0.3) is 0 Å². The molecule has 0 aliphatic heterocycles. The number of thiophene rings is 1. The number of nitrogens with one attached hydrogen (secondary N) is 1. The Bertz CT molecular complexity index is 463. The lowest BCUT2D eigenvalue weighted by molar-refractivity contribution is 0.427. The first-order valence-electron chi connectivity index (χ1n) is 5.17. The molecule has 0 spiro atoms. The van der Waals surface area contributed by atoms with Crippen LogP contribution in [0.2, 0.25) is 0 Å². The predicted molar refractivity (Wildman–Crippen MR) is 70.7 cm³/mol. The Kier molecular flexibility index (Phi) is 3.84. The summed E-state index contributed by atoms with van der Waals surface area (Å²) in [5, 5.41) is 5.60. The molecule has 16 heavy (non-hydrogen) atoms. The molecule has 0 aliphatic carbocycles. The van der Waals surface area contributed by atoms with Crippen LogP contribution in [0.15, 0.2) is 32.0 Å². The highest BCUT2D eigenvalue weighted by atomic mass is 79.9. The maximum atomic E-state index is 5.45. The molecule has 2 nitrogen and oxygen atoms in total. The van der Waals surface area contributed by atoms with E-state index in [0.717, 1.165) is 12.3 Å². The van der Waals surface area contributed by atoms with Gasteiger partial charge in [-0.25, -0.2) is 0 Å². The summed E-state index contributed by atoms with van der Waals surface area (Å²) >= 11 is 5.17. The maximum absolute atomic E-state index is 5.45. The maximum Gasteiger partial charge on any atom is 0.123 e. The molecule has 2 aromatic heterocycles. The summed E-state index contributed by atoms with van der Waals surface area (Å²) in [6, 6.07) is 4.38. The van der Waals surface area contributed by atoms with Crippen LogP contribution in [-0.2, 0) is 6.54 Å². The van der Waals surface area contributed by atoms with Crippen LogP contribution in [0, 0.1) is 6.92 Å². The molecule has 2 aromatic rings. The molecule has 0 bridgehead atoms. The van der Waals surface area contributed by atoms with Crippen LogP contribution >= 0.6 is 27.3 Å². The lowest BCUT2D eigenvalue weighted by Crippen LogP contribution is -2.17. The molecule has 0 radical (unpaired) electrons. The average molecular weight is 300 g/mol. The number of rotatable bonds is 4. The highest BCUT2D eigenvalue weighted by Gasteiger charge is 2.11. The van der Waals surface area contributed by atoms with Gasteiger partial charge in [0.1, 0.15) is 5.76 Å². The topological polar surface area (TPSA) is 25.2 Å². The Morgan fingerprint density at radius 1 is 1.56 bits per heavy atom. The Balaban J connectivity index is 1.93. The van der Waals surface area contributed by atoms with E-state index < -0.39 is 0 Å². The van der Waals surface area contributed by atoms with Gasteiger partial charge in [-0.05, 0) is 58.4 Å². The first-order chi connectivity index (χ1) is 7.66. The summed E-state index contributed by atoms with van der Waals surface area (Å²) < 4.78 is 6.62. The molecule has 0 saturated heterocycles. The zero-order valence-electron chi connectivity index (χ0n) is 9.29. The molecule has 0 aromatic carbocycles. The van der Waals surface area contributed by atoms with Crippen molar-refractivity contribution in [2.75, 3.05) is 0 Å². The van der Waals surface area contributed by atoms with Gasteiger partial charge in [-0.1, -0.05) is 0 Å². The van der Waals surface area contributed by atoms with Gasteiger partial charge in [0, 0.05) is 6.54 Å². The number of halogens is 1. The normalized spacial score (nSPS) is 12.9. The zero-order valence-corrected chi connectivity index (χ0v) is 11.7. The number of hydrogen-bond donors (Lipinski definition) is 1. The van der Waals surface area contributed by atoms with Gasteiger partial charge in [0.05, 0.1) is 16.1 Å². The molecule has 86 valence electrons. The van der Waals surface area contributed by atoms with Crippen LogP contribution < -0.4 is 5.32 Å². The third kappa shape index (κ3) is 2.75. The second-order valence-corrected chi connectivity index (χ2v) is 6.12. The van der Waals surface area contributed by atoms with E-state index in [4.69, 9.17) is 4.42 Å². The van der Waals surface area contributed by atoms with Crippen LogP contribution in [0.4, 0.5) is 0 Å². The quantitative estimate of drug-likeness (QED) is 0.912. The molecule has 2 rings (SSSR count). The standard InChI is InChI=1S/C12H14BrNOS/c1-8-3-4-15-12(8)9(2)14-6-10-5-11(13)16-7-10/h3-5,7,9,14H,6H2,1-2H3. The van der Waals surface area contributed by atoms with Gasteiger partial charge in [-0.3, -0.25) is 0 Å². The van der Waals surface area contributed by atoms with Crippen molar-refractivity contribution in [3.63, 3.8) is 0 Å². The number of furan rings is 1. The Hall–Kier alpha value is -0.580. The van der Waals surface area contributed by atoms with E-state index in [1.165, 1.54) is 14.9 Å². The van der Waals surface area contributed by atoms with Gasteiger partial charge >= 0.3 is 0 Å². The monoisotopic (exact) mass is 299 g/mol. The van der Waals surface area contributed by atoms with Crippen molar-refractivity contribution in [3.05, 3.63) is 44.4 Å². The molecule has 0 amide bonds. The van der Waals surface area contributed by atoms with Crippen molar-refractivity contribution in [2.24, 2.45) is 0 Å². The van der Waals surface area contributed by atoms with Crippen molar-refractivity contribution in [3.8, 4) is 0 Å². The summed E-state index contributed by atoms with van der Waals surface area (Å²) in [6.07, 6.45) is 1.74. The molecule has 1 N–H and O–H groups in total. The minimum absolute atomic E-state index is 0.244. The largest absolute Gasteiger partial charge is 0.467 e. The van der Waals surface area contributed by atoms with E-state index in [9.17, 15) is 0 Å². The smallest absolute Gasteiger partial charge is 0.123 e. The van der Waals surface area contributed by atoms with Crippen LogP contribution in [-0.4, -0.2) is 0 Å². The van der Waals surface area contributed by atoms with Gasteiger partial charge in [0.15, 0.2) is 0 Å². The fraction of sp³-hybridized carbons (Fsp3) is 0.333. The minimum Gasteiger partial charge on any atom is -0.467 e. The predicted octanol–water partition coefficient (Wildman–Crippen LogP) is 4.26. The summed E-state index contributed by atoms with van der Waals surface area (Å²) in [5.74, 6) is 1.02. The van der Waals surface area contributed by atoms with Gasteiger partial charge < -0.3 is 9.73 Å². The van der Waals surface area contributed by atoms with E-state index in [-0.39, 0.29) is 6.04 Å². The van der Waals surface area contributed by atoms with Crippen LogP contribution in [0.3, 0.4) is 0 Å². The Morgan fingerprint density at radius 2 is 2.38 bits per heavy atom. The van der Waals surface area contributed by atoms with E-state index in [1.807, 2.05) is 6.07 Å². The van der Waals surface area contributed by atoms with Gasteiger partial charge in [-0.2, -0.15) is 0 Å². The zero-order chi connectivity index (χ0) is 11.5. The van der Waals surface area contributed by atoms with Crippen LogP contribution in [0.5, 0.6) is 0 Å². The molecule has 0 aliphatic rings. The number of aryl methyl sites for hydroxylation is 1. The Morgan fingerprint density at radius 3 is 2.94 bits per heavy atom. The molecule has 0 fully saturated rings. The SMILES string of the molecule is Cc1ccoc1C(C)NCc1csc(Br)c1. The van der Waals surface area contributed by atoms with Crippen molar-refractivity contribution in [1.82, 2.24) is 5.32 Å². The average Bonchev–Trinajstić information content (AvgIpc) is 2.84. The molecule has 0 saturated carbocycles. The highest BCUT2D eigenvalue weighted by molar-refractivity contribution is 9.11. The fourth-order valence-corrected chi connectivity index (χ4v) is 2.84. The first-order valence-corrected chi connectivity index (χ1v) is 6.84. The van der Waals surface area contributed by atoms with Gasteiger partial charge in [-0.15, -0.1) is 11.3 Å². The van der Waals surface area contributed by atoms with E-state index in [1.54, 1.807) is 17.6 Å². The van der Waals surface area contributed by atoms with Crippen molar-refractivity contribution < 1.29 is 4.42 Å². The Labute approximate surface area is 108 Å². The van der Waals surface area contributed by atoms with E-state index in [2.05, 4.69) is 46.5 Å². The molecule has 1 unspecified atom stereocenters. The molecule has 4 heteroatoms. The fourth-order valence-electron chi connectivity index (χ4n) is 1.63. The van der Waals surface area contributed by atoms with E-state index in [0.29, 0.717) is 0 Å². The molecular weight excluding hydrogens is 286 g/mol. The minimum atomic E-state index is 0.244. The molecule has 1 atom stereocenters. The molecular formula is C12H14BrNOS. The summed E-state index contributed by atoms with van der Waals surface area (Å²) in [7, 11) is 0. The van der Waals surface area contributed by atoms with Crippen LogP contribution in [0.25, 0.3) is 0 Å². The number of hydrogen-bond acceptors (Lipinski definition) is 3.